The lowest BCUT2D eigenvalue weighted by Gasteiger charge is -2.37. The van der Waals surface area contributed by atoms with Gasteiger partial charge in [-0.2, -0.15) is 0 Å². The SMILES string of the molecule is O=C1Nc2ccccc2C(CC(=O)N2CCN(c3ccccc3)CC2)O1. The number of hydrogen-bond acceptors (Lipinski definition) is 4. The summed E-state index contributed by atoms with van der Waals surface area (Å²) in [5.74, 6) is 0.0206. The maximum atomic E-state index is 12.7. The molecular weight excluding hydrogens is 330 g/mol. The van der Waals surface area contributed by atoms with Gasteiger partial charge in [-0.15, -0.1) is 0 Å². The predicted octanol–water partition coefficient (Wildman–Crippen LogP) is 3.03. The van der Waals surface area contributed by atoms with Gasteiger partial charge in [0.05, 0.1) is 12.1 Å². The number of fused-ring (bicyclic) bond motifs is 1. The van der Waals surface area contributed by atoms with E-state index in [2.05, 4.69) is 22.3 Å². The first-order chi connectivity index (χ1) is 12.7. The Morgan fingerprint density at radius 3 is 2.46 bits per heavy atom. The summed E-state index contributed by atoms with van der Waals surface area (Å²) in [5, 5.41) is 2.67. The third kappa shape index (κ3) is 3.35. The smallest absolute Gasteiger partial charge is 0.412 e. The predicted molar refractivity (Wildman–Crippen MR) is 99.1 cm³/mol. The zero-order chi connectivity index (χ0) is 17.9. The van der Waals surface area contributed by atoms with Crippen LogP contribution in [0.1, 0.15) is 18.1 Å². The Bertz CT molecular complexity index is 801. The molecule has 26 heavy (non-hydrogen) atoms. The minimum absolute atomic E-state index is 0.0206. The molecule has 0 radical (unpaired) electrons. The summed E-state index contributed by atoms with van der Waals surface area (Å²) in [5.41, 5.74) is 2.75. The maximum absolute atomic E-state index is 12.7. The van der Waals surface area contributed by atoms with Crippen LogP contribution in [0.3, 0.4) is 0 Å². The number of cyclic esters (lactones) is 1. The number of carbonyl (C=O) groups is 2. The Hall–Kier alpha value is -3.02. The summed E-state index contributed by atoms with van der Waals surface area (Å²) in [6.07, 6.45) is -0.856. The number of hydrogen-bond donors (Lipinski definition) is 1. The molecule has 1 N–H and O–H groups in total. The van der Waals surface area contributed by atoms with Gasteiger partial charge in [-0.1, -0.05) is 36.4 Å². The minimum Gasteiger partial charge on any atom is -0.440 e. The number of rotatable bonds is 3. The van der Waals surface area contributed by atoms with E-state index in [1.807, 2.05) is 47.4 Å². The normalized spacial score (nSPS) is 19.4. The van der Waals surface area contributed by atoms with E-state index in [4.69, 9.17) is 4.74 Å². The number of piperazine rings is 1. The fourth-order valence-electron chi connectivity index (χ4n) is 3.52. The van der Waals surface area contributed by atoms with Crippen LogP contribution in [0.15, 0.2) is 54.6 Å². The third-order valence-electron chi connectivity index (χ3n) is 4.91. The van der Waals surface area contributed by atoms with E-state index in [1.54, 1.807) is 0 Å². The monoisotopic (exact) mass is 351 g/mol. The molecule has 6 heteroatoms. The number of ether oxygens (including phenoxy) is 1. The highest BCUT2D eigenvalue weighted by atomic mass is 16.6. The van der Waals surface area contributed by atoms with Crippen molar-refractivity contribution in [3.05, 3.63) is 60.2 Å². The van der Waals surface area contributed by atoms with Gasteiger partial charge < -0.3 is 14.5 Å². The van der Waals surface area contributed by atoms with E-state index in [-0.39, 0.29) is 12.3 Å². The second-order valence-corrected chi connectivity index (χ2v) is 6.51. The van der Waals surface area contributed by atoms with Crippen LogP contribution in [0.25, 0.3) is 0 Å². The summed E-state index contributed by atoms with van der Waals surface area (Å²) < 4.78 is 5.36. The van der Waals surface area contributed by atoms with E-state index in [0.717, 1.165) is 24.3 Å². The number of carbonyl (C=O) groups excluding carboxylic acids is 2. The molecule has 6 nitrogen and oxygen atoms in total. The second kappa shape index (κ2) is 7.07. The lowest BCUT2D eigenvalue weighted by molar-refractivity contribution is -0.133. The van der Waals surface area contributed by atoms with Crippen LogP contribution in [-0.2, 0) is 9.53 Å². The second-order valence-electron chi connectivity index (χ2n) is 6.51. The van der Waals surface area contributed by atoms with Crippen molar-refractivity contribution in [2.45, 2.75) is 12.5 Å². The van der Waals surface area contributed by atoms with E-state index in [1.165, 1.54) is 5.69 Å². The molecule has 134 valence electrons. The summed E-state index contributed by atoms with van der Waals surface area (Å²) in [4.78, 5) is 28.6. The number of nitrogens with zero attached hydrogens (tertiary/aromatic N) is 2. The largest absolute Gasteiger partial charge is 0.440 e. The van der Waals surface area contributed by atoms with Gasteiger partial charge in [0.2, 0.25) is 5.91 Å². The van der Waals surface area contributed by atoms with Crippen LogP contribution in [-0.4, -0.2) is 43.1 Å². The average molecular weight is 351 g/mol. The molecule has 0 aliphatic carbocycles. The summed E-state index contributed by atoms with van der Waals surface area (Å²) in [7, 11) is 0. The summed E-state index contributed by atoms with van der Waals surface area (Å²) in [6.45, 7) is 2.96. The highest BCUT2D eigenvalue weighted by Gasteiger charge is 2.30. The summed E-state index contributed by atoms with van der Waals surface area (Å²) >= 11 is 0. The van der Waals surface area contributed by atoms with Gasteiger partial charge in [0.1, 0.15) is 6.10 Å². The minimum atomic E-state index is -0.528. The molecule has 2 aromatic carbocycles. The van der Waals surface area contributed by atoms with E-state index < -0.39 is 12.2 Å². The highest BCUT2D eigenvalue weighted by molar-refractivity contribution is 5.89. The molecule has 2 aliphatic rings. The quantitative estimate of drug-likeness (QED) is 0.923. The molecule has 1 unspecified atom stereocenters. The van der Waals surface area contributed by atoms with Crippen LogP contribution in [0, 0.1) is 0 Å². The van der Waals surface area contributed by atoms with Crippen molar-refractivity contribution in [1.29, 1.82) is 0 Å². The molecule has 0 spiro atoms. The Labute approximate surface area is 152 Å². The van der Waals surface area contributed by atoms with Gasteiger partial charge in [-0.05, 0) is 18.2 Å². The third-order valence-corrected chi connectivity index (χ3v) is 4.91. The van der Waals surface area contributed by atoms with Crippen LogP contribution >= 0.6 is 0 Å². The van der Waals surface area contributed by atoms with Gasteiger partial charge in [-0.3, -0.25) is 10.1 Å². The lowest BCUT2D eigenvalue weighted by atomic mass is 10.0. The first-order valence-electron chi connectivity index (χ1n) is 8.85. The first kappa shape index (κ1) is 16.4. The van der Waals surface area contributed by atoms with Crippen LogP contribution < -0.4 is 10.2 Å². The number of nitrogens with one attached hydrogen (secondary N) is 1. The number of benzene rings is 2. The van der Waals surface area contributed by atoms with Crippen molar-refractivity contribution in [3.63, 3.8) is 0 Å². The summed E-state index contributed by atoms with van der Waals surface area (Å²) in [6, 6.07) is 17.7. The van der Waals surface area contributed by atoms with Crippen molar-refractivity contribution < 1.29 is 14.3 Å². The van der Waals surface area contributed by atoms with E-state index in [9.17, 15) is 9.59 Å². The molecular formula is C20H21N3O3. The molecule has 1 saturated heterocycles. The van der Waals surface area contributed by atoms with Crippen LogP contribution in [0.2, 0.25) is 0 Å². The molecule has 0 bridgehead atoms. The van der Waals surface area contributed by atoms with Crippen molar-refractivity contribution in [1.82, 2.24) is 4.90 Å². The fraction of sp³-hybridized carbons (Fsp3) is 0.300. The van der Waals surface area contributed by atoms with E-state index >= 15 is 0 Å². The first-order valence-corrected chi connectivity index (χ1v) is 8.85. The molecule has 2 amide bonds. The molecule has 1 atom stereocenters. The molecule has 2 heterocycles. The highest BCUT2D eigenvalue weighted by Crippen LogP contribution is 2.33. The molecule has 2 aromatic rings. The van der Waals surface area contributed by atoms with Crippen molar-refractivity contribution >= 4 is 23.4 Å². The van der Waals surface area contributed by atoms with E-state index in [0.29, 0.717) is 13.1 Å². The number of anilines is 2. The Balaban J connectivity index is 1.38. The van der Waals surface area contributed by atoms with Crippen molar-refractivity contribution in [2.24, 2.45) is 0 Å². The lowest BCUT2D eigenvalue weighted by Crippen LogP contribution is -2.49. The Kier molecular flexibility index (Phi) is 4.48. The Morgan fingerprint density at radius 1 is 1.00 bits per heavy atom. The average Bonchev–Trinajstić information content (AvgIpc) is 2.68. The van der Waals surface area contributed by atoms with Crippen LogP contribution in [0.5, 0.6) is 0 Å². The topological polar surface area (TPSA) is 61.9 Å². The molecule has 2 aliphatic heterocycles. The zero-order valence-corrected chi connectivity index (χ0v) is 14.4. The number of amides is 2. The maximum Gasteiger partial charge on any atom is 0.412 e. The molecule has 1 fully saturated rings. The standard InChI is InChI=1S/C20H21N3O3/c24-19(14-18-16-8-4-5-9-17(16)21-20(25)26-18)23-12-10-22(11-13-23)15-6-2-1-3-7-15/h1-9,18H,10-14H2,(H,21,25). The van der Waals surface area contributed by atoms with Crippen molar-refractivity contribution in [3.8, 4) is 0 Å². The molecule has 0 aromatic heterocycles. The van der Waals surface area contributed by atoms with Gasteiger partial charge >= 0.3 is 6.09 Å². The van der Waals surface area contributed by atoms with Gasteiger partial charge in [0, 0.05) is 37.4 Å². The Morgan fingerprint density at radius 2 is 1.69 bits per heavy atom. The van der Waals surface area contributed by atoms with Gasteiger partial charge in [0.15, 0.2) is 0 Å². The van der Waals surface area contributed by atoms with Gasteiger partial charge in [-0.25, -0.2) is 4.79 Å². The number of para-hydroxylation sites is 2. The van der Waals surface area contributed by atoms with Crippen molar-refractivity contribution in [2.75, 3.05) is 36.4 Å². The molecule has 4 rings (SSSR count). The molecule has 0 saturated carbocycles. The fourth-order valence-corrected chi connectivity index (χ4v) is 3.52. The van der Waals surface area contributed by atoms with Crippen LogP contribution in [0.4, 0.5) is 16.2 Å². The zero-order valence-electron chi connectivity index (χ0n) is 14.4. The van der Waals surface area contributed by atoms with Gasteiger partial charge in [0.25, 0.3) is 0 Å².